The van der Waals surface area contributed by atoms with Crippen LogP contribution in [0, 0.1) is 35.5 Å². The summed E-state index contributed by atoms with van der Waals surface area (Å²) in [4.78, 5) is 22.6. The minimum atomic E-state index is -0.348. The maximum atomic E-state index is 11.3. The molecule has 0 aromatic heterocycles. The maximum Gasteiger partial charge on any atom is 0.318 e. The summed E-state index contributed by atoms with van der Waals surface area (Å²) < 4.78 is 4.63. The van der Waals surface area contributed by atoms with Crippen LogP contribution in [0.1, 0.15) is 12.8 Å². The molecule has 13 heavy (non-hydrogen) atoms. The van der Waals surface area contributed by atoms with Gasteiger partial charge in [0, 0.05) is 11.8 Å². The first-order valence-electron chi connectivity index (χ1n) is 4.54. The molecule has 1 saturated heterocycles. The highest BCUT2D eigenvalue weighted by molar-refractivity contribution is 5.97. The molecule has 3 aliphatic carbocycles. The van der Waals surface area contributed by atoms with Crippen LogP contribution in [0.3, 0.4) is 0 Å². The van der Waals surface area contributed by atoms with Gasteiger partial charge in [0.05, 0.1) is 11.8 Å². The van der Waals surface area contributed by atoms with Crippen LogP contribution < -0.4 is 0 Å². The predicted octanol–water partition coefficient (Wildman–Crippen LogP) is 0.345. The van der Waals surface area contributed by atoms with Crippen LogP contribution in [0.15, 0.2) is 0 Å². The third-order valence-corrected chi connectivity index (χ3v) is 3.24. The molecule has 0 aromatic rings. The van der Waals surface area contributed by atoms with Gasteiger partial charge in [-0.05, 0) is 12.8 Å². The standard InChI is InChI=1S/C10H8O3/c11-9-7-5-1-2-6(4-3-5)8(7)10(12)13-9/h5-8H,1-2H2. The molecule has 2 bridgehead atoms. The number of rotatable bonds is 0. The minimum absolute atomic E-state index is 0.0777. The average Bonchev–Trinajstić information content (AvgIpc) is 2.47. The number of cyclic esters (lactones) is 2. The Hall–Kier alpha value is -1.30. The van der Waals surface area contributed by atoms with Gasteiger partial charge in [-0.15, -0.1) is 0 Å². The monoisotopic (exact) mass is 176 g/mol. The van der Waals surface area contributed by atoms with Gasteiger partial charge in [-0.1, -0.05) is 11.8 Å². The molecule has 0 spiro atoms. The van der Waals surface area contributed by atoms with Crippen LogP contribution >= 0.6 is 0 Å². The van der Waals surface area contributed by atoms with Crippen molar-refractivity contribution >= 4 is 11.9 Å². The van der Waals surface area contributed by atoms with Crippen LogP contribution in [0.2, 0.25) is 0 Å². The smallest absolute Gasteiger partial charge is 0.318 e. The highest BCUT2D eigenvalue weighted by atomic mass is 16.6. The summed E-state index contributed by atoms with van der Waals surface area (Å²) in [6.07, 6.45) is 1.89. The third-order valence-electron chi connectivity index (χ3n) is 3.24. The molecule has 3 heteroatoms. The van der Waals surface area contributed by atoms with Gasteiger partial charge in [0.15, 0.2) is 0 Å². The van der Waals surface area contributed by atoms with Gasteiger partial charge in [-0.3, -0.25) is 9.59 Å². The molecule has 4 rings (SSSR count). The van der Waals surface area contributed by atoms with E-state index in [4.69, 9.17) is 0 Å². The molecule has 4 unspecified atom stereocenters. The van der Waals surface area contributed by atoms with Crippen molar-refractivity contribution in [1.29, 1.82) is 0 Å². The molecule has 0 radical (unpaired) electrons. The number of fused-ring (bicyclic) bond motifs is 1. The molecule has 0 aromatic carbocycles. The third kappa shape index (κ3) is 0.757. The SMILES string of the molecule is O=C1OC(=O)C2C3C#CC(CC3)C12. The molecule has 4 atom stereocenters. The van der Waals surface area contributed by atoms with E-state index >= 15 is 0 Å². The topological polar surface area (TPSA) is 43.4 Å². The first kappa shape index (κ1) is 7.14. The van der Waals surface area contributed by atoms with E-state index < -0.39 is 0 Å². The van der Waals surface area contributed by atoms with Gasteiger partial charge in [0.25, 0.3) is 0 Å². The van der Waals surface area contributed by atoms with Crippen molar-refractivity contribution in [2.75, 3.05) is 0 Å². The second-order valence-corrected chi connectivity index (χ2v) is 3.87. The van der Waals surface area contributed by atoms with Gasteiger partial charge in [-0.25, -0.2) is 0 Å². The Labute approximate surface area is 75.4 Å². The van der Waals surface area contributed by atoms with Crippen molar-refractivity contribution in [2.24, 2.45) is 23.7 Å². The molecule has 1 heterocycles. The lowest BCUT2D eigenvalue weighted by Gasteiger charge is -2.33. The van der Waals surface area contributed by atoms with Gasteiger partial charge >= 0.3 is 11.9 Å². The van der Waals surface area contributed by atoms with Crippen molar-refractivity contribution < 1.29 is 14.3 Å². The quantitative estimate of drug-likeness (QED) is 0.304. The Bertz CT molecular complexity index is 328. The highest BCUT2D eigenvalue weighted by Crippen LogP contribution is 2.46. The Kier molecular flexibility index (Phi) is 1.17. The molecule has 1 saturated carbocycles. The Morgan fingerprint density at radius 3 is 1.85 bits per heavy atom. The van der Waals surface area contributed by atoms with Crippen molar-refractivity contribution in [3.05, 3.63) is 0 Å². The van der Waals surface area contributed by atoms with Gasteiger partial charge in [-0.2, -0.15) is 0 Å². The molecule has 4 aliphatic rings. The Morgan fingerprint density at radius 2 is 1.46 bits per heavy atom. The Balaban J connectivity index is 2.09. The molecule has 1 aliphatic heterocycles. The van der Waals surface area contributed by atoms with Crippen LogP contribution in [0.5, 0.6) is 0 Å². The number of hydrogen-bond acceptors (Lipinski definition) is 3. The first-order valence-corrected chi connectivity index (χ1v) is 4.54. The maximum absolute atomic E-state index is 11.3. The number of carbonyl (C=O) groups is 2. The van der Waals surface area contributed by atoms with Crippen LogP contribution in [-0.2, 0) is 14.3 Å². The van der Waals surface area contributed by atoms with E-state index in [-0.39, 0.29) is 35.6 Å². The zero-order valence-corrected chi connectivity index (χ0v) is 6.95. The van der Waals surface area contributed by atoms with Crippen molar-refractivity contribution in [2.45, 2.75) is 12.8 Å². The number of esters is 2. The summed E-state index contributed by atoms with van der Waals surface area (Å²) >= 11 is 0. The average molecular weight is 176 g/mol. The zero-order chi connectivity index (χ0) is 9.00. The lowest BCUT2D eigenvalue weighted by atomic mass is 9.65. The summed E-state index contributed by atoms with van der Waals surface area (Å²) in [6.45, 7) is 0. The highest BCUT2D eigenvalue weighted by Gasteiger charge is 2.55. The van der Waals surface area contributed by atoms with E-state index in [0.717, 1.165) is 12.8 Å². The van der Waals surface area contributed by atoms with E-state index in [2.05, 4.69) is 16.6 Å². The predicted molar refractivity (Wildman–Crippen MR) is 42.1 cm³/mol. The summed E-state index contributed by atoms with van der Waals surface area (Å²) in [6, 6.07) is 0. The molecule has 0 amide bonds. The second-order valence-electron chi connectivity index (χ2n) is 3.87. The normalized spacial score (nSPS) is 45.2. The fourth-order valence-corrected chi connectivity index (χ4v) is 2.61. The van der Waals surface area contributed by atoms with Crippen molar-refractivity contribution in [3.63, 3.8) is 0 Å². The second kappa shape index (κ2) is 2.14. The fraction of sp³-hybridized carbons (Fsp3) is 0.600. The lowest BCUT2D eigenvalue weighted by Crippen LogP contribution is -2.38. The Morgan fingerprint density at radius 1 is 1.00 bits per heavy atom. The van der Waals surface area contributed by atoms with Crippen molar-refractivity contribution in [3.8, 4) is 11.8 Å². The van der Waals surface area contributed by atoms with Gasteiger partial charge in [0.2, 0.25) is 0 Å². The molecular weight excluding hydrogens is 168 g/mol. The van der Waals surface area contributed by atoms with Crippen LogP contribution in [0.4, 0.5) is 0 Å². The van der Waals surface area contributed by atoms with E-state index in [9.17, 15) is 9.59 Å². The van der Waals surface area contributed by atoms with Gasteiger partial charge < -0.3 is 4.74 Å². The largest absolute Gasteiger partial charge is 0.393 e. The van der Waals surface area contributed by atoms with Crippen LogP contribution in [0.25, 0.3) is 0 Å². The summed E-state index contributed by atoms with van der Waals surface area (Å²) in [5.41, 5.74) is 0. The van der Waals surface area contributed by atoms with E-state index in [1.165, 1.54) is 0 Å². The van der Waals surface area contributed by atoms with E-state index in [1.807, 2.05) is 0 Å². The van der Waals surface area contributed by atoms with Gasteiger partial charge in [0.1, 0.15) is 0 Å². The number of carbonyl (C=O) groups excluding carboxylic acids is 2. The molecule has 0 N–H and O–H groups in total. The van der Waals surface area contributed by atoms with Crippen LogP contribution in [-0.4, -0.2) is 11.9 Å². The van der Waals surface area contributed by atoms with Crippen molar-refractivity contribution in [1.82, 2.24) is 0 Å². The molecular formula is C10H8O3. The molecule has 66 valence electrons. The lowest BCUT2D eigenvalue weighted by molar-refractivity contribution is -0.154. The van der Waals surface area contributed by atoms with E-state index in [1.54, 1.807) is 0 Å². The summed E-state index contributed by atoms with van der Waals surface area (Å²) in [5, 5.41) is 0. The number of hydrogen-bond donors (Lipinski definition) is 0. The fourth-order valence-electron chi connectivity index (χ4n) is 2.61. The molecule has 3 nitrogen and oxygen atoms in total. The first-order chi connectivity index (χ1) is 6.27. The zero-order valence-electron chi connectivity index (χ0n) is 6.95. The summed E-state index contributed by atoms with van der Waals surface area (Å²) in [5.74, 6) is 5.05. The van der Waals surface area contributed by atoms with E-state index in [0.29, 0.717) is 0 Å². The summed E-state index contributed by atoms with van der Waals surface area (Å²) in [7, 11) is 0. The minimum Gasteiger partial charge on any atom is -0.393 e. The number of ether oxygens (including phenoxy) is 1. The molecule has 2 fully saturated rings.